The van der Waals surface area contributed by atoms with E-state index in [1.165, 1.54) is 4.90 Å². The van der Waals surface area contributed by atoms with Crippen molar-refractivity contribution in [1.82, 2.24) is 9.80 Å². The lowest BCUT2D eigenvalue weighted by Crippen LogP contribution is -2.36. The molecular formula is C28H28N2O2. The molecule has 1 aliphatic rings. The van der Waals surface area contributed by atoms with Crippen LogP contribution in [0.1, 0.15) is 29.2 Å². The first kappa shape index (κ1) is 21.6. The van der Waals surface area contributed by atoms with Crippen LogP contribution in [0.15, 0.2) is 90.6 Å². The third kappa shape index (κ3) is 4.50. The maximum Gasteiger partial charge on any atom is 0.277 e. The lowest BCUT2D eigenvalue weighted by atomic mass is 10.0. The lowest BCUT2D eigenvalue weighted by Gasteiger charge is -2.25. The van der Waals surface area contributed by atoms with Crippen LogP contribution in [0.2, 0.25) is 0 Å². The van der Waals surface area contributed by atoms with Crippen molar-refractivity contribution >= 4 is 17.4 Å². The minimum Gasteiger partial charge on any atom is -0.362 e. The average Bonchev–Trinajstić information content (AvgIpc) is 3.07. The van der Waals surface area contributed by atoms with E-state index in [0.717, 1.165) is 22.3 Å². The van der Waals surface area contributed by atoms with Gasteiger partial charge in [-0.3, -0.25) is 14.5 Å². The highest BCUT2D eigenvalue weighted by Crippen LogP contribution is 2.32. The number of nitrogens with zero attached hydrogens (tertiary/aromatic N) is 2. The molecule has 0 atom stereocenters. The van der Waals surface area contributed by atoms with Crippen LogP contribution < -0.4 is 0 Å². The Kier molecular flexibility index (Phi) is 6.50. The highest BCUT2D eigenvalue weighted by Gasteiger charge is 2.41. The van der Waals surface area contributed by atoms with Crippen molar-refractivity contribution < 1.29 is 9.59 Å². The van der Waals surface area contributed by atoms with Gasteiger partial charge in [0.05, 0.1) is 5.57 Å². The second kappa shape index (κ2) is 9.65. The Morgan fingerprint density at radius 3 is 1.94 bits per heavy atom. The fourth-order valence-corrected chi connectivity index (χ4v) is 4.08. The van der Waals surface area contributed by atoms with Gasteiger partial charge in [-0.2, -0.15) is 0 Å². The Morgan fingerprint density at radius 1 is 0.750 bits per heavy atom. The van der Waals surface area contributed by atoms with Crippen LogP contribution >= 0.6 is 0 Å². The van der Waals surface area contributed by atoms with Gasteiger partial charge in [0.15, 0.2) is 0 Å². The molecule has 0 radical (unpaired) electrons. The van der Waals surface area contributed by atoms with E-state index >= 15 is 0 Å². The third-order valence-corrected chi connectivity index (χ3v) is 5.86. The van der Waals surface area contributed by atoms with E-state index in [-0.39, 0.29) is 11.8 Å². The smallest absolute Gasteiger partial charge is 0.277 e. The summed E-state index contributed by atoms with van der Waals surface area (Å²) in [5, 5.41) is 0. The zero-order valence-corrected chi connectivity index (χ0v) is 18.6. The van der Waals surface area contributed by atoms with Crippen molar-refractivity contribution in [1.29, 1.82) is 0 Å². The fraction of sp³-hybridized carbons (Fsp3) is 0.214. The van der Waals surface area contributed by atoms with Gasteiger partial charge in [0.25, 0.3) is 11.8 Å². The van der Waals surface area contributed by atoms with Crippen molar-refractivity contribution in [3.63, 3.8) is 0 Å². The van der Waals surface area contributed by atoms with Crippen molar-refractivity contribution in [2.24, 2.45) is 0 Å². The summed E-state index contributed by atoms with van der Waals surface area (Å²) >= 11 is 0. The van der Waals surface area contributed by atoms with Crippen molar-refractivity contribution in [2.45, 2.75) is 26.8 Å². The maximum atomic E-state index is 13.6. The van der Waals surface area contributed by atoms with E-state index in [2.05, 4.69) is 0 Å². The molecule has 4 heteroatoms. The molecule has 0 bridgehead atoms. The van der Waals surface area contributed by atoms with E-state index < -0.39 is 0 Å². The van der Waals surface area contributed by atoms with Gasteiger partial charge in [0.1, 0.15) is 5.70 Å². The Labute approximate surface area is 189 Å². The second-order valence-corrected chi connectivity index (χ2v) is 8.09. The first-order valence-electron chi connectivity index (χ1n) is 11.1. The summed E-state index contributed by atoms with van der Waals surface area (Å²) in [5.74, 6) is -0.421. The molecule has 0 saturated heterocycles. The second-order valence-electron chi connectivity index (χ2n) is 8.09. The van der Waals surface area contributed by atoms with Crippen LogP contribution in [0.3, 0.4) is 0 Å². The molecule has 0 saturated carbocycles. The number of benzene rings is 3. The molecule has 4 rings (SSSR count). The molecule has 0 N–H and O–H groups in total. The molecular weight excluding hydrogens is 396 g/mol. The topological polar surface area (TPSA) is 40.6 Å². The molecule has 1 aliphatic heterocycles. The molecule has 3 aromatic rings. The molecule has 3 aromatic carbocycles. The molecule has 1 heterocycles. The molecule has 162 valence electrons. The number of carbonyl (C=O) groups is 2. The third-order valence-electron chi connectivity index (χ3n) is 5.86. The Balaban J connectivity index is 1.69. The summed E-state index contributed by atoms with van der Waals surface area (Å²) in [4.78, 5) is 30.5. The largest absolute Gasteiger partial charge is 0.362 e. The standard InChI is InChI=1S/C28H28N2O2/c1-3-29(20-23-12-8-5-9-13-23)26-25(24-16-14-21(2)15-17-24)27(31)30(28(26)32)19-18-22-10-6-4-7-11-22/h4-17H,3,18-20H2,1-2H3. The Bertz CT molecular complexity index is 1120. The number of hydrogen-bond donors (Lipinski definition) is 0. The minimum atomic E-state index is -0.212. The number of aryl methyl sites for hydroxylation is 1. The zero-order valence-electron chi connectivity index (χ0n) is 18.6. The van der Waals surface area contributed by atoms with Crippen LogP contribution in [-0.2, 0) is 22.6 Å². The molecule has 0 aliphatic carbocycles. The summed E-state index contributed by atoms with van der Waals surface area (Å²) in [6, 6.07) is 27.9. The van der Waals surface area contributed by atoms with Crippen LogP contribution in [-0.4, -0.2) is 34.7 Å². The maximum absolute atomic E-state index is 13.6. The Hall–Kier alpha value is -3.66. The SMILES string of the molecule is CCN(Cc1ccccc1)C1=C(c2ccc(C)cc2)C(=O)N(CCc2ccccc2)C1=O. The molecule has 2 amide bonds. The van der Waals surface area contributed by atoms with Crippen molar-refractivity contribution in [3.05, 3.63) is 113 Å². The molecule has 0 spiro atoms. The van der Waals surface area contributed by atoms with Crippen LogP contribution in [0, 0.1) is 6.92 Å². The van der Waals surface area contributed by atoms with Gasteiger partial charge in [0.2, 0.25) is 0 Å². The number of rotatable bonds is 8. The van der Waals surface area contributed by atoms with Gasteiger partial charge in [-0.25, -0.2) is 0 Å². The summed E-state index contributed by atoms with van der Waals surface area (Å²) in [7, 11) is 0. The number of likely N-dealkylation sites (N-methyl/N-ethyl adjacent to an activating group) is 1. The zero-order chi connectivity index (χ0) is 22.5. The van der Waals surface area contributed by atoms with E-state index in [1.54, 1.807) is 0 Å². The molecule has 0 aromatic heterocycles. The van der Waals surface area contributed by atoms with Gasteiger partial charge >= 0.3 is 0 Å². The average molecular weight is 425 g/mol. The van der Waals surface area contributed by atoms with Crippen molar-refractivity contribution in [3.8, 4) is 0 Å². The van der Waals surface area contributed by atoms with E-state index in [0.29, 0.717) is 37.3 Å². The highest BCUT2D eigenvalue weighted by molar-refractivity contribution is 6.35. The van der Waals surface area contributed by atoms with Crippen molar-refractivity contribution in [2.75, 3.05) is 13.1 Å². The predicted octanol–water partition coefficient (Wildman–Crippen LogP) is 4.84. The van der Waals surface area contributed by atoms with Gasteiger partial charge in [-0.15, -0.1) is 0 Å². The van der Waals surface area contributed by atoms with Gasteiger partial charge < -0.3 is 4.90 Å². The van der Waals surface area contributed by atoms with E-state index in [4.69, 9.17) is 0 Å². The monoisotopic (exact) mass is 424 g/mol. The van der Waals surface area contributed by atoms with Crippen LogP contribution in [0.5, 0.6) is 0 Å². The van der Waals surface area contributed by atoms with Crippen LogP contribution in [0.25, 0.3) is 5.57 Å². The number of carbonyl (C=O) groups excluding carboxylic acids is 2. The first-order chi connectivity index (χ1) is 15.6. The normalized spacial score (nSPS) is 13.8. The number of amides is 2. The molecule has 4 nitrogen and oxygen atoms in total. The summed E-state index contributed by atoms with van der Waals surface area (Å²) in [5.41, 5.74) is 5.12. The summed E-state index contributed by atoms with van der Waals surface area (Å²) in [6.07, 6.45) is 0.636. The number of hydrogen-bond acceptors (Lipinski definition) is 3. The summed E-state index contributed by atoms with van der Waals surface area (Å²) in [6.45, 7) is 5.61. The lowest BCUT2D eigenvalue weighted by molar-refractivity contribution is -0.137. The minimum absolute atomic E-state index is 0.209. The molecule has 0 unspecified atom stereocenters. The highest BCUT2D eigenvalue weighted by atomic mass is 16.2. The molecule has 0 fully saturated rings. The van der Waals surface area contributed by atoms with E-state index in [9.17, 15) is 9.59 Å². The van der Waals surface area contributed by atoms with Gasteiger partial charge in [-0.05, 0) is 37.0 Å². The van der Waals surface area contributed by atoms with E-state index in [1.807, 2.05) is 104 Å². The first-order valence-corrected chi connectivity index (χ1v) is 11.1. The Morgan fingerprint density at radius 2 is 1.34 bits per heavy atom. The van der Waals surface area contributed by atoms with Gasteiger partial charge in [0, 0.05) is 19.6 Å². The fourth-order valence-electron chi connectivity index (χ4n) is 4.08. The summed E-state index contributed by atoms with van der Waals surface area (Å²) < 4.78 is 0. The van der Waals surface area contributed by atoms with Gasteiger partial charge in [-0.1, -0.05) is 90.5 Å². The quantitative estimate of drug-likeness (QED) is 0.486. The number of imide groups is 1. The molecule has 32 heavy (non-hydrogen) atoms. The van der Waals surface area contributed by atoms with Crippen LogP contribution in [0.4, 0.5) is 0 Å². The predicted molar refractivity (Wildman–Crippen MR) is 127 cm³/mol.